The number of nitrogens with zero attached hydrogens (tertiary/aromatic N) is 2. The molecule has 0 radical (unpaired) electrons. The summed E-state index contributed by atoms with van der Waals surface area (Å²) in [5.41, 5.74) is 2.01. The maximum Gasteiger partial charge on any atom is 0.235 e. The second kappa shape index (κ2) is 4.02. The number of hydrogen-bond acceptors (Lipinski definition) is 4. The van der Waals surface area contributed by atoms with E-state index < -0.39 is 6.04 Å². The van der Waals surface area contributed by atoms with Crippen LogP contribution in [0.4, 0.5) is 0 Å². The lowest BCUT2D eigenvalue weighted by molar-refractivity contribution is 0.561. The first-order valence-corrected chi connectivity index (χ1v) is 5.49. The van der Waals surface area contributed by atoms with Gasteiger partial charge in [0.15, 0.2) is 0 Å². The molecule has 4 nitrogen and oxygen atoms in total. The smallest absolute Gasteiger partial charge is 0.211 e. The highest BCUT2D eigenvalue weighted by Gasteiger charge is 2.22. The first-order chi connectivity index (χ1) is 8.85. The van der Waals surface area contributed by atoms with Crippen molar-refractivity contribution < 1.29 is 4.79 Å². The van der Waals surface area contributed by atoms with E-state index in [4.69, 9.17) is 0 Å². The standard InChI is InChI=1S/C14H8N2O2/c17-8-15-12-7-13(16-18)11-6-2-4-9-3-1-5-10(12)14(9)11/h1-7,12H. The van der Waals surface area contributed by atoms with Crippen LogP contribution < -0.4 is 0 Å². The molecule has 0 spiro atoms. The second-order valence-corrected chi connectivity index (χ2v) is 4.06. The first-order valence-electron chi connectivity index (χ1n) is 5.49. The Balaban J connectivity index is 2.43. The lowest BCUT2D eigenvalue weighted by Crippen LogP contribution is -2.02. The van der Waals surface area contributed by atoms with Gasteiger partial charge in [0.25, 0.3) is 0 Å². The summed E-state index contributed by atoms with van der Waals surface area (Å²) in [5.74, 6) is 0. The van der Waals surface area contributed by atoms with Gasteiger partial charge in [0, 0.05) is 5.56 Å². The normalized spacial score (nSPS) is 16.9. The number of carbonyl (C=O) groups excluding carboxylic acids is 1. The summed E-state index contributed by atoms with van der Waals surface area (Å²) in [5, 5.41) is 4.96. The van der Waals surface area contributed by atoms with Crippen molar-refractivity contribution in [1.29, 1.82) is 0 Å². The molecule has 4 heteroatoms. The van der Waals surface area contributed by atoms with E-state index in [9.17, 15) is 9.70 Å². The summed E-state index contributed by atoms with van der Waals surface area (Å²) >= 11 is 0. The molecule has 0 fully saturated rings. The Bertz CT molecular complexity index is 722. The highest BCUT2D eigenvalue weighted by atomic mass is 16.3. The zero-order valence-electron chi connectivity index (χ0n) is 9.33. The third-order valence-electron chi connectivity index (χ3n) is 3.14. The Hall–Kier alpha value is -2.58. The SMILES string of the molecule is O=C=NC1C=C(N=O)c2cccc3cccc1c23. The molecule has 1 aliphatic rings. The summed E-state index contributed by atoms with van der Waals surface area (Å²) in [6.07, 6.45) is 3.13. The van der Waals surface area contributed by atoms with Gasteiger partial charge in [-0.3, -0.25) is 0 Å². The Morgan fingerprint density at radius 2 is 1.89 bits per heavy atom. The monoisotopic (exact) mass is 236 g/mol. The topological polar surface area (TPSA) is 58.9 Å². The van der Waals surface area contributed by atoms with Gasteiger partial charge in [-0.05, 0) is 27.6 Å². The van der Waals surface area contributed by atoms with Crippen LogP contribution in [-0.4, -0.2) is 6.08 Å². The largest absolute Gasteiger partial charge is 0.235 e. The van der Waals surface area contributed by atoms with Crippen molar-refractivity contribution >= 4 is 22.5 Å². The van der Waals surface area contributed by atoms with E-state index in [0.29, 0.717) is 5.70 Å². The van der Waals surface area contributed by atoms with Crippen LogP contribution in [0.15, 0.2) is 52.6 Å². The number of hydrogen-bond donors (Lipinski definition) is 0. The molecule has 1 unspecified atom stereocenters. The second-order valence-electron chi connectivity index (χ2n) is 4.06. The van der Waals surface area contributed by atoms with Gasteiger partial charge in [-0.25, -0.2) is 4.79 Å². The first kappa shape index (κ1) is 10.6. The van der Waals surface area contributed by atoms with E-state index in [0.717, 1.165) is 21.9 Å². The average Bonchev–Trinajstić information content (AvgIpc) is 2.42. The number of benzene rings is 2. The predicted molar refractivity (Wildman–Crippen MR) is 68.6 cm³/mol. The highest BCUT2D eigenvalue weighted by molar-refractivity contribution is 5.98. The molecular weight excluding hydrogens is 228 g/mol. The summed E-state index contributed by atoms with van der Waals surface area (Å²) in [4.78, 5) is 25.1. The molecule has 0 saturated heterocycles. The minimum absolute atomic E-state index is 0.322. The molecule has 0 amide bonds. The summed E-state index contributed by atoms with van der Waals surface area (Å²) in [7, 11) is 0. The van der Waals surface area contributed by atoms with Gasteiger partial charge in [-0.15, -0.1) is 4.91 Å². The zero-order valence-corrected chi connectivity index (χ0v) is 9.33. The van der Waals surface area contributed by atoms with Gasteiger partial charge in [-0.2, -0.15) is 4.99 Å². The van der Waals surface area contributed by atoms with Crippen LogP contribution in [0.2, 0.25) is 0 Å². The van der Waals surface area contributed by atoms with Crippen molar-refractivity contribution in [3.05, 3.63) is 58.5 Å². The Kier molecular flexibility index (Phi) is 2.36. The minimum atomic E-state index is -0.478. The van der Waals surface area contributed by atoms with Crippen LogP contribution in [0.5, 0.6) is 0 Å². The lowest BCUT2D eigenvalue weighted by atomic mass is 9.89. The van der Waals surface area contributed by atoms with Gasteiger partial charge in [0.1, 0.15) is 11.7 Å². The molecular formula is C14H8N2O2. The van der Waals surface area contributed by atoms with E-state index >= 15 is 0 Å². The molecule has 2 aromatic carbocycles. The van der Waals surface area contributed by atoms with Crippen LogP contribution in [0.25, 0.3) is 16.5 Å². The minimum Gasteiger partial charge on any atom is -0.211 e. The van der Waals surface area contributed by atoms with Crippen LogP contribution >= 0.6 is 0 Å². The number of isocyanates is 1. The number of aliphatic imine (C=N–C) groups is 1. The fraction of sp³-hybridized carbons (Fsp3) is 0.0714. The number of nitroso groups, excluding NO2 is 1. The van der Waals surface area contributed by atoms with Gasteiger partial charge >= 0.3 is 0 Å². The summed E-state index contributed by atoms with van der Waals surface area (Å²) in [6, 6.07) is 11.0. The molecule has 86 valence electrons. The van der Waals surface area contributed by atoms with E-state index in [-0.39, 0.29) is 0 Å². The van der Waals surface area contributed by atoms with Crippen LogP contribution in [-0.2, 0) is 4.79 Å². The molecule has 3 rings (SSSR count). The molecule has 1 aliphatic carbocycles. The molecule has 0 bridgehead atoms. The van der Waals surface area contributed by atoms with Crippen LogP contribution in [0, 0.1) is 4.91 Å². The van der Waals surface area contributed by atoms with E-state index in [1.165, 1.54) is 0 Å². The quantitative estimate of drug-likeness (QED) is 0.456. The fourth-order valence-electron chi connectivity index (χ4n) is 2.40. The molecule has 0 aliphatic heterocycles. The molecule has 1 atom stereocenters. The van der Waals surface area contributed by atoms with Crippen molar-refractivity contribution in [2.75, 3.05) is 0 Å². The summed E-state index contributed by atoms with van der Waals surface area (Å²) < 4.78 is 0. The Morgan fingerprint density at radius 1 is 1.11 bits per heavy atom. The van der Waals surface area contributed by atoms with Crippen LogP contribution in [0.1, 0.15) is 17.2 Å². The molecule has 0 heterocycles. The zero-order chi connectivity index (χ0) is 12.5. The van der Waals surface area contributed by atoms with E-state index in [2.05, 4.69) is 10.2 Å². The van der Waals surface area contributed by atoms with Gasteiger partial charge in [-0.1, -0.05) is 36.4 Å². The van der Waals surface area contributed by atoms with Gasteiger partial charge in [0.2, 0.25) is 6.08 Å². The number of rotatable bonds is 2. The molecule has 18 heavy (non-hydrogen) atoms. The summed E-state index contributed by atoms with van der Waals surface area (Å²) in [6.45, 7) is 0. The van der Waals surface area contributed by atoms with Crippen molar-refractivity contribution in [3.8, 4) is 0 Å². The lowest BCUT2D eigenvalue weighted by Gasteiger charge is -2.18. The third-order valence-corrected chi connectivity index (χ3v) is 3.14. The molecule has 0 aromatic heterocycles. The average molecular weight is 236 g/mol. The van der Waals surface area contributed by atoms with E-state index in [1.54, 1.807) is 12.2 Å². The van der Waals surface area contributed by atoms with Gasteiger partial charge in [0.05, 0.1) is 0 Å². The Labute approximate surface area is 103 Å². The van der Waals surface area contributed by atoms with Crippen molar-refractivity contribution in [2.24, 2.45) is 10.2 Å². The molecule has 0 N–H and O–H groups in total. The Morgan fingerprint density at radius 3 is 2.61 bits per heavy atom. The molecule has 2 aromatic rings. The molecule has 0 saturated carbocycles. The van der Waals surface area contributed by atoms with Crippen LogP contribution in [0.3, 0.4) is 0 Å². The third kappa shape index (κ3) is 1.40. The van der Waals surface area contributed by atoms with Crippen molar-refractivity contribution in [1.82, 2.24) is 0 Å². The van der Waals surface area contributed by atoms with E-state index in [1.807, 2.05) is 36.4 Å². The maximum absolute atomic E-state index is 10.9. The van der Waals surface area contributed by atoms with Crippen molar-refractivity contribution in [3.63, 3.8) is 0 Å². The highest BCUT2D eigenvalue weighted by Crippen LogP contribution is 2.39. The fourth-order valence-corrected chi connectivity index (χ4v) is 2.40. The maximum atomic E-state index is 10.9. The van der Waals surface area contributed by atoms with Gasteiger partial charge < -0.3 is 0 Å². The van der Waals surface area contributed by atoms with Crippen molar-refractivity contribution in [2.45, 2.75) is 6.04 Å². The predicted octanol–water partition coefficient (Wildman–Crippen LogP) is 3.34.